The molecule has 1 aromatic rings. The van der Waals surface area contributed by atoms with Gasteiger partial charge in [0.15, 0.2) is 0 Å². The molecule has 17 heavy (non-hydrogen) atoms. The van der Waals surface area contributed by atoms with Crippen LogP contribution in [0.15, 0.2) is 29.8 Å². The molecule has 0 amide bonds. The monoisotopic (exact) mass is 233 g/mol. The first kappa shape index (κ1) is 12.3. The first-order valence-corrected chi connectivity index (χ1v) is 6.45. The molecule has 2 heteroatoms. The lowest BCUT2D eigenvalue weighted by atomic mass is 9.83. The lowest BCUT2D eigenvalue weighted by Gasteiger charge is -2.23. The maximum absolute atomic E-state index is 12.8. The molecule has 0 bridgehead atoms. The van der Waals surface area contributed by atoms with E-state index >= 15 is 0 Å². The molecule has 1 saturated carbocycles. The Kier molecular flexibility index (Phi) is 4.32. The second kappa shape index (κ2) is 5.97. The van der Waals surface area contributed by atoms with Crippen LogP contribution >= 0.6 is 0 Å². The first-order chi connectivity index (χ1) is 8.29. The van der Waals surface area contributed by atoms with Crippen molar-refractivity contribution in [1.29, 1.82) is 0 Å². The van der Waals surface area contributed by atoms with Crippen LogP contribution in [0.5, 0.6) is 0 Å². The highest BCUT2D eigenvalue weighted by molar-refractivity contribution is 5.53. The molecule has 2 N–H and O–H groups in total. The second-order valence-electron chi connectivity index (χ2n) is 4.81. The van der Waals surface area contributed by atoms with E-state index in [9.17, 15) is 4.39 Å². The molecule has 1 aliphatic carbocycles. The zero-order valence-corrected chi connectivity index (χ0v) is 10.2. The van der Waals surface area contributed by atoms with Crippen molar-refractivity contribution < 1.29 is 4.39 Å². The van der Waals surface area contributed by atoms with Crippen LogP contribution in [0.25, 0.3) is 6.08 Å². The Morgan fingerprint density at radius 3 is 2.41 bits per heavy atom. The molecule has 2 rings (SSSR count). The smallest absolute Gasteiger partial charge is 0.123 e. The van der Waals surface area contributed by atoms with Crippen molar-refractivity contribution >= 4 is 6.08 Å². The molecule has 0 saturated heterocycles. The summed E-state index contributed by atoms with van der Waals surface area (Å²) in [6.07, 6.45) is 8.62. The highest BCUT2D eigenvalue weighted by Crippen LogP contribution is 2.30. The van der Waals surface area contributed by atoms with Gasteiger partial charge >= 0.3 is 0 Å². The molecule has 0 aromatic heterocycles. The number of nitrogens with two attached hydrogens (primary N) is 1. The molecule has 1 fully saturated rings. The van der Waals surface area contributed by atoms with Crippen molar-refractivity contribution in [2.24, 2.45) is 11.7 Å². The van der Waals surface area contributed by atoms with Crippen molar-refractivity contribution in [2.45, 2.75) is 32.1 Å². The number of hydrogen-bond donors (Lipinski definition) is 1. The summed E-state index contributed by atoms with van der Waals surface area (Å²) in [6.45, 7) is 0.613. The number of rotatable bonds is 3. The van der Waals surface area contributed by atoms with Gasteiger partial charge in [0.1, 0.15) is 5.82 Å². The van der Waals surface area contributed by atoms with Crippen LogP contribution in [0.3, 0.4) is 0 Å². The van der Waals surface area contributed by atoms with E-state index in [0.717, 1.165) is 5.56 Å². The van der Waals surface area contributed by atoms with E-state index in [1.165, 1.54) is 49.8 Å². The largest absolute Gasteiger partial charge is 0.327 e. The Labute approximate surface area is 103 Å². The van der Waals surface area contributed by atoms with Crippen molar-refractivity contribution in [1.82, 2.24) is 0 Å². The lowest BCUT2D eigenvalue weighted by Crippen LogP contribution is -2.16. The zero-order chi connectivity index (χ0) is 12.1. The summed E-state index contributed by atoms with van der Waals surface area (Å²) < 4.78 is 12.8. The van der Waals surface area contributed by atoms with E-state index < -0.39 is 0 Å². The SMILES string of the molecule is NCC(=Cc1ccc(F)cc1)C1CCCCC1. The van der Waals surface area contributed by atoms with E-state index in [-0.39, 0.29) is 5.82 Å². The van der Waals surface area contributed by atoms with Gasteiger partial charge in [0, 0.05) is 6.54 Å². The summed E-state index contributed by atoms with van der Waals surface area (Å²) in [5, 5.41) is 0. The Hall–Kier alpha value is -1.15. The number of benzene rings is 1. The highest BCUT2D eigenvalue weighted by Gasteiger charge is 2.16. The maximum Gasteiger partial charge on any atom is 0.123 e. The minimum Gasteiger partial charge on any atom is -0.327 e. The average Bonchev–Trinajstić information content (AvgIpc) is 2.39. The normalized spacial score (nSPS) is 18.4. The van der Waals surface area contributed by atoms with Crippen LogP contribution < -0.4 is 5.73 Å². The molecule has 0 radical (unpaired) electrons. The molecule has 1 aliphatic rings. The Morgan fingerprint density at radius 1 is 1.18 bits per heavy atom. The van der Waals surface area contributed by atoms with E-state index in [0.29, 0.717) is 12.5 Å². The summed E-state index contributed by atoms with van der Waals surface area (Å²) in [4.78, 5) is 0. The molecule has 1 aromatic carbocycles. The predicted octanol–water partition coefficient (Wildman–Crippen LogP) is 3.75. The third-order valence-electron chi connectivity index (χ3n) is 3.59. The molecule has 1 nitrogen and oxygen atoms in total. The van der Waals surface area contributed by atoms with E-state index in [2.05, 4.69) is 6.08 Å². The minimum atomic E-state index is -0.186. The minimum absolute atomic E-state index is 0.186. The summed E-state index contributed by atoms with van der Waals surface area (Å²) in [5.74, 6) is 0.452. The first-order valence-electron chi connectivity index (χ1n) is 6.45. The molecule has 0 spiro atoms. The van der Waals surface area contributed by atoms with Gasteiger partial charge in [-0.2, -0.15) is 0 Å². The van der Waals surface area contributed by atoms with Gasteiger partial charge in [0.25, 0.3) is 0 Å². The van der Waals surface area contributed by atoms with Crippen LogP contribution in [0.1, 0.15) is 37.7 Å². The lowest BCUT2D eigenvalue weighted by molar-refractivity contribution is 0.401. The predicted molar refractivity (Wildman–Crippen MR) is 70.0 cm³/mol. The van der Waals surface area contributed by atoms with Gasteiger partial charge < -0.3 is 5.73 Å². The van der Waals surface area contributed by atoms with E-state index in [4.69, 9.17) is 5.73 Å². The van der Waals surface area contributed by atoms with Crippen molar-refractivity contribution in [3.8, 4) is 0 Å². The molecule has 92 valence electrons. The van der Waals surface area contributed by atoms with Crippen LogP contribution in [0.4, 0.5) is 4.39 Å². The Bertz CT molecular complexity index is 374. The fourth-order valence-electron chi connectivity index (χ4n) is 2.59. The Balaban J connectivity index is 2.13. The topological polar surface area (TPSA) is 26.0 Å². The fraction of sp³-hybridized carbons (Fsp3) is 0.467. The van der Waals surface area contributed by atoms with Gasteiger partial charge in [0.2, 0.25) is 0 Å². The molecule has 0 heterocycles. The van der Waals surface area contributed by atoms with Crippen LogP contribution in [0.2, 0.25) is 0 Å². The van der Waals surface area contributed by atoms with Gasteiger partial charge in [-0.3, -0.25) is 0 Å². The summed E-state index contributed by atoms with van der Waals surface area (Å²) in [6, 6.07) is 6.63. The van der Waals surface area contributed by atoms with Crippen molar-refractivity contribution in [3.63, 3.8) is 0 Å². The maximum atomic E-state index is 12.8. The quantitative estimate of drug-likeness (QED) is 0.845. The molecule has 0 unspecified atom stereocenters. The third-order valence-corrected chi connectivity index (χ3v) is 3.59. The average molecular weight is 233 g/mol. The standard InChI is InChI=1S/C15H20FN/c16-15-8-6-12(7-9-15)10-14(11-17)13-4-2-1-3-5-13/h6-10,13H,1-5,11,17H2. The summed E-state index contributed by atoms with van der Waals surface area (Å²) in [5.41, 5.74) is 8.21. The summed E-state index contributed by atoms with van der Waals surface area (Å²) in [7, 11) is 0. The van der Waals surface area contributed by atoms with Crippen LogP contribution in [-0.2, 0) is 0 Å². The van der Waals surface area contributed by atoms with Crippen LogP contribution in [-0.4, -0.2) is 6.54 Å². The molecular formula is C15H20FN. The van der Waals surface area contributed by atoms with Gasteiger partial charge in [-0.25, -0.2) is 4.39 Å². The van der Waals surface area contributed by atoms with Crippen LogP contribution in [0, 0.1) is 11.7 Å². The van der Waals surface area contributed by atoms with Gasteiger partial charge in [-0.15, -0.1) is 0 Å². The van der Waals surface area contributed by atoms with E-state index in [1.54, 1.807) is 0 Å². The Morgan fingerprint density at radius 2 is 1.82 bits per heavy atom. The zero-order valence-electron chi connectivity index (χ0n) is 10.2. The van der Waals surface area contributed by atoms with Crippen molar-refractivity contribution in [2.75, 3.05) is 6.54 Å². The van der Waals surface area contributed by atoms with E-state index in [1.807, 2.05) is 12.1 Å². The van der Waals surface area contributed by atoms with Gasteiger partial charge in [0.05, 0.1) is 0 Å². The third kappa shape index (κ3) is 3.40. The summed E-state index contributed by atoms with van der Waals surface area (Å²) >= 11 is 0. The molecule has 0 aliphatic heterocycles. The highest BCUT2D eigenvalue weighted by atomic mass is 19.1. The van der Waals surface area contributed by atoms with Gasteiger partial charge in [-0.1, -0.05) is 43.0 Å². The molecule has 0 atom stereocenters. The second-order valence-corrected chi connectivity index (χ2v) is 4.81. The van der Waals surface area contributed by atoms with Crippen molar-refractivity contribution in [3.05, 3.63) is 41.2 Å². The number of hydrogen-bond acceptors (Lipinski definition) is 1. The fourth-order valence-corrected chi connectivity index (χ4v) is 2.59. The number of halogens is 1. The molecular weight excluding hydrogens is 213 g/mol. The van der Waals surface area contributed by atoms with Gasteiger partial charge in [-0.05, 0) is 36.5 Å².